The molecule has 0 unspecified atom stereocenters. The predicted octanol–water partition coefficient (Wildman–Crippen LogP) is 3.60. The van der Waals surface area contributed by atoms with Crippen LogP contribution in [0.1, 0.15) is 5.56 Å². The molecule has 22 heavy (non-hydrogen) atoms. The Labute approximate surface area is 139 Å². The van der Waals surface area contributed by atoms with Crippen molar-refractivity contribution in [2.75, 3.05) is 6.61 Å². The van der Waals surface area contributed by atoms with Gasteiger partial charge in [0.25, 0.3) is 0 Å². The monoisotopic (exact) mass is 427 g/mol. The first kappa shape index (κ1) is 17.9. The number of rotatable bonds is 6. The van der Waals surface area contributed by atoms with Gasteiger partial charge in [-0.15, -0.1) is 0 Å². The van der Waals surface area contributed by atoms with Crippen molar-refractivity contribution in [1.29, 1.82) is 0 Å². The van der Waals surface area contributed by atoms with Crippen LogP contribution in [0.15, 0.2) is 12.4 Å². The van der Waals surface area contributed by atoms with Crippen molar-refractivity contribution in [2.45, 2.75) is 54.2 Å². The molecule has 0 aliphatic rings. The summed E-state index contributed by atoms with van der Waals surface area (Å²) < 4.78 is 9.05. The molecule has 2 rings (SSSR count). The molecule has 4 nitrogen and oxygen atoms in total. The summed E-state index contributed by atoms with van der Waals surface area (Å²) in [6.07, 6.45) is 4.04. The molecule has 2 heterocycles. The van der Waals surface area contributed by atoms with Crippen molar-refractivity contribution >= 4 is 41.1 Å². The van der Waals surface area contributed by atoms with Crippen LogP contribution in [0.3, 0.4) is 0 Å². The third kappa shape index (κ3) is 4.55. The van der Waals surface area contributed by atoms with Gasteiger partial charge in [0.1, 0.15) is 0 Å². The molecule has 0 aliphatic heterocycles. The number of nitrogens with zero attached hydrogens (tertiary/aromatic N) is 3. The van der Waals surface area contributed by atoms with E-state index in [4.69, 9.17) is 9.72 Å². The molecule has 2 aromatic heterocycles. The van der Waals surface area contributed by atoms with E-state index in [2.05, 4.69) is 52.7 Å². The van der Waals surface area contributed by atoms with Crippen molar-refractivity contribution in [3.05, 3.63) is 18.0 Å². The molecule has 0 aromatic carbocycles. The van der Waals surface area contributed by atoms with E-state index < -0.39 is 26.5 Å². The van der Waals surface area contributed by atoms with Crippen molar-refractivity contribution in [3.8, 4) is 0 Å². The van der Waals surface area contributed by atoms with Crippen LogP contribution in [-0.2, 0) is 11.5 Å². The molecule has 0 amide bonds. The van der Waals surface area contributed by atoms with Gasteiger partial charge in [0.2, 0.25) is 0 Å². The summed E-state index contributed by atoms with van der Waals surface area (Å²) in [5, 5.41) is 5.82. The Morgan fingerprint density at radius 2 is 1.91 bits per heavy atom. The predicted molar refractivity (Wildman–Crippen MR) is 99.4 cm³/mol. The Morgan fingerprint density at radius 3 is 2.50 bits per heavy atom. The van der Waals surface area contributed by atoms with E-state index in [0.29, 0.717) is 6.73 Å². The molecule has 0 N–H and O–H groups in total. The fourth-order valence-electron chi connectivity index (χ4n) is 2.53. The Hall–Kier alpha value is -0.404. The van der Waals surface area contributed by atoms with E-state index in [0.717, 1.165) is 12.1 Å². The molecular formula is C16H29N3OSiSn. The topological polar surface area (TPSA) is 39.9 Å². The first-order chi connectivity index (χ1) is 10.1. The Balaban J connectivity index is 2.12. The Kier molecular flexibility index (Phi) is 5.39. The van der Waals surface area contributed by atoms with E-state index in [9.17, 15) is 0 Å². The average molecular weight is 426 g/mol. The minimum atomic E-state index is -2.16. The molecule has 122 valence electrons. The fraction of sp³-hybridized carbons (Fsp3) is 0.625. The Bertz CT molecular complexity index is 656. The van der Waals surface area contributed by atoms with E-state index >= 15 is 0 Å². The van der Waals surface area contributed by atoms with Gasteiger partial charge in [0, 0.05) is 0 Å². The van der Waals surface area contributed by atoms with Crippen LogP contribution in [0.5, 0.6) is 0 Å². The zero-order valence-corrected chi connectivity index (χ0v) is 18.9. The molecule has 0 spiro atoms. The number of hydrogen-bond donors (Lipinski definition) is 0. The van der Waals surface area contributed by atoms with Gasteiger partial charge in [-0.25, -0.2) is 0 Å². The molecule has 0 saturated heterocycles. The molecule has 0 radical (unpaired) electrons. The fourth-order valence-corrected chi connectivity index (χ4v) is 8.17. The molecular weight excluding hydrogens is 397 g/mol. The third-order valence-corrected chi connectivity index (χ3v) is 11.0. The molecule has 0 bridgehead atoms. The van der Waals surface area contributed by atoms with Gasteiger partial charge in [-0.2, -0.15) is 0 Å². The second kappa shape index (κ2) is 6.61. The number of aryl methyl sites for hydroxylation is 1. The van der Waals surface area contributed by atoms with Gasteiger partial charge >= 0.3 is 139 Å². The quantitative estimate of drug-likeness (QED) is 0.524. The van der Waals surface area contributed by atoms with E-state index in [-0.39, 0.29) is 0 Å². The van der Waals surface area contributed by atoms with Gasteiger partial charge in [0.15, 0.2) is 0 Å². The van der Waals surface area contributed by atoms with Gasteiger partial charge in [-0.1, -0.05) is 0 Å². The van der Waals surface area contributed by atoms with Crippen molar-refractivity contribution in [2.24, 2.45) is 0 Å². The summed E-state index contributed by atoms with van der Waals surface area (Å²) in [5.74, 6) is 0. The van der Waals surface area contributed by atoms with Crippen LogP contribution in [0.25, 0.3) is 10.9 Å². The van der Waals surface area contributed by atoms with Crippen molar-refractivity contribution in [1.82, 2.24) is 14.8 Å². The average Bonchev–Trinajstić information content (AvgIpc) is 2.76. The molecule has 0 saturated carbocycles. The summed E-state index contributed by atoms with van der Waals surface area (Å²) in [6.45, 7) is 10.7. The number of aromatic nitrogens is 3. The van der Waals surface area contributed by atoms with Crippen LogP contribution in [0, 0.1) is 6.92 Å². The van der Waals surface area contributed by atoms with Crippen LogP contribution in [0.2, 0.25) is 40.5 Å². The van der Waals surface area contributed by atoms with Crippen LogP contribution in [-0.4, -0.2) is 47.8 Å². The SMILES string of the molecule is Cc1[c]([Sn]([CH3])([CH3])[CH3])ncc2nn(COCC[Si](C)(C)C)cc12. The molecule has 0 atom stereocenters. The van der Waals surface area contributed by atoms with Gasteiger partial charge in [-0.3, -0.25) is 0 Å². The maximum atomic E-state index is 5.79. The maximum absolute atomic E-state index is 5.79. The zero-order valence-electron chi connectivity index (χ0n) is 15.0. The van der Waals surface area contributed by atoms with Crippen LogP contribution >= 0.6 is 0 Å². The number of ether oxygens (including phenoxy) is 1. The Morgan fingerprint density at radius 1 is 1.23 bits per heavy atom. The summed E-state index contributed by atoms with van der Waals surface area (Å²) in [7, 11) is -1.02. The number of pyridine rings is 1. The molecule has 6 heteroatoms. The first-order valence-corrected chi connectivity index (χ1v) is 21.7. The second-order valence-electron chi connectivity index (χ2n) is 8.30. The standard InChI is InChI=1S/C13H20N3OSi.3CH3.Sn/c1-11-7-14-8-13-12(11)9-16(15-13)10-17-5-6-18(2,3)4;;;;/h8-9H,5-6,10H2,1-4H3;3*1H3;. The molecule has 0 fully saturated rings. The minimum absolute atomic E-state index is 0.534. The van der Waals surface area contributed by atoms with Crippen LogP contribution < -0.4 is 3.71 Å². The summed E-state index contributed by atoms with van der Waals surface area (Å²) in [5.41, 5.74) is 2.29. The van der Waals surface area contributed by atoms with Crippen molar-refractivity contribution < 1.29 is 4.74 Å². The van der Waals surface area contributed by atoms with E-state index in [1.54, 1.807) is 0 Å². The van der Waals surface area contributed by atoms with Gasteiger partial charge in [0.05, 0.1) is 0 Å². The van der Waals surface area contributed by atoms with Crippen molar-refractivity contribution in [3.63, 3.8) is 0 Å². The summed E-state index contributed by atoms with van der Waals surface area (Å²) in [4.78, 5) is 11.9. The normalized spacial score (nSPS) is 13.0. The van der Waals surface area contributed by atoms with Gasteiger partial charge < -0.3 is 0 Å². The third-order valence-electron chi connectivity index (χ3n) is 3.80. The second-order valence-corrected chi connectivity index (χ2v) is 28.1. The number of hydrogen-bond acceptors (Lipinski definition) is 3. The van der Waals surface area contributed by atoms with E-state index in [1.807, 2.05) is 10.9 Å². The summed E-state index contributed by atoms with van der Waals surface area (Å²) in [6, 6.07) is 1.19. The van der Waals surface area contributed by atoms with Crippen LogP contribution in [0.4, 0.5) is 0 Å². The number of fused-ring (bicyclic) bond motifs is 1. The molecule has 2 aromatic rings. The molecule has 0 aliphatic carbocycles. The van der Waals surface area contributed by atoms with Gasteiger partial charge in [-0.05, 0) is 0 Å². The summed E-state index contributed by atoms with van der Waals surface area (Å²) >= 11 is -2.16. The zero-order chi connectivity index (χ0) is 16.5. The first-order valence-electron chi connectivity index (χ1n) is 7.99. The van der Waals surface area contributed by atoms with E-state index in [1.165, 1.54) is 20.7 Å².